The molecule has 0 unspecified atom stereocenters. The highest BCUT2D eigenvalue weighted by Crippen LogP contribution is 2.32. The number of halogens is 2. The molecular formula is C17H18Cl2N2O2S. The van der Waals surface area contributed by atoms with E-state index in [2.05, 4.69) is 11.6 Å². The molecule has 2 rings (SSSR count). The number of carbonyl (C=O) groups excluding carboxylic acids is 1. The Morgan fingerprint density at radius 1 is 1.38 bits per heavy atom. The molecule has 0 aliphatic rings. The molecule has 0 radical (unpaired) electrons. The van der Waals surface area contributed by atoms with E-state index < -0.39 is 11.7 Å². The highest BCUT2D eigenvalue weighted by Gasteiger charge is 2.24. The summed E-state index contributed by atoms with van der Waals surface area (Å²) in [5.41, 5.74) is 0.959. The maximum atomic E-state index is 12.4. The zero-order valence-electron chi connectivity index (χ0n) is 13.7. The lowest BCUT2D eigenvalue weighted by atomic mass is 10.2. The largest absolute Gasteiger partial charge is 0.443 e. The number of nitrogens with zero attached hydrogens (tertiary/aromatic N) is 2. The summed E-state index contributed by atoms with van der Waals surface area (Å²) < 4.78 is 5.42. The van der Waals surface area contributed by atoms with E-state index in [1.54, 1.807) is 18.2 Å². The fourth-order valence-electron chi connectivity index (χ4n) is 1.85. The van der Waals surface area contributed by atoms with Crippen LogP contribution in [0, 0.1) is 0 Å². The van der Waals surface area contributed by atoms with Crippen molar-refractivity contribution >= 4 is 45.8 Å². The molecule has 0 spiro atoms. The summed E-state index contributed by atoms with van der Waals surface area (Å²) in [6.45, 7) is 9.45. The zero-order valence-corrected chi connectivity index (χ0v) is 16.0. The number of carbonyl (C=O) groups is 1. The van der Waals surface area contributed by atoms with Gasteiger partial charge in [0.2, 0.25) is 0 Å². The number of amides is 1. The highest BCUT2D eigenvalue weighted by atomic mass is 35.5. The molecule has 0 saturated heterocycles. The fourth-order valence-corrected chi connectivity index (χ4v) is 2.98. The van der Waals surface area contributed by atoms with Gasteiger partial charge in [-0.2, -0.15) is 0 Å². The van der Waals surface area contributed by atoms with Crippen LogP contribution in [-0.4, -0.2) is 23.2 Å². The molecule has 24 heavy (non-hydrogen) atoms. The van der Waals surface area contributed by atoms with Crippen LogP contribution in [0.4, 0.5) is 9.93 Å². The Morgan fingerprint density at radius 3 is 2.67 bits per heavy atom. The van der Waals surface area contributed by atoms with E-state index in [0.717, 1.165) is 5.56 Å². The van der Waals surface area contributed by atoms with Crippen LogP contribution in [-0.2, 0) is 4.74 Å². The van der Waals surface area contributed by atoms with Gasteiger partial charge in [0.15, 0.2) is 5.13 Å². The first-order valence-electron chi connectivity index (χ1n) is 7.23. The predicted octanol–water partition coefficient (Wildman–Crippen LogP) is 6.04. The number of ether oxygens (including phenoxy) is 1. The second-order valence-electron chi connectivity index (χ2n) is 6.02. The average Bonchev–Trinajstić information content (AvgIpc) is 2.95. The smallest absolute Gasteiger partial charge is 0.416 e. The molecule has 1 heterocycles. The Morgan fingerprint density at radius 2 is 2.08 bits per heavy atom. The van der Waals surface area contributed by atoms with E-state index in [0.29, 0.717) is 27.4 Å². The first-order chi connectivity index (χ1) is 11.2. The molecule has 4 nitrogen and oxygen atoms in total. The molecule has 0 atom stereocenters. The summed E-state index contributed by atoms with van der Waals surface area (Å²) in [6, 6.07) is 5.29. The van der Waals surface area contributed by atoms with E-state index in [9.17, 15) is 4.79 Å². The molecule has 0 fully saturated rings. The minimum Gasteiger partial charge on any atom is -0.443 e. The molecular weight excluding hydrogens is 367 g/mol. The van der Waals surface area contributed by atoms with E-state index in [4.69, 9.17) is 27.9 Å². The Balaban J connectivity index is 2.29. The predicted molar refractivity (Wildman–Crippen MR) is 101 cm³/mol. The van der Waals surface area contributed by atoms with Gasteiger partial charge < -0.3 is 4.74 Å². The normalized spacial score (nSPS) is 11.2. The van der Waals surface area contributed by atoms with E-state index in [1.807, 2.05) is 32.2 Å². The van der Waals surface area contributed by atoms with Gasteiger partial charge in [-0.05, 0) is 32.9 Å². The number of thiazole rings is 1. The molecule has 7 heteroatoms. The van der Waals surface area contributed by atoms with Gasteiger partial charge in [-0.1, -0.05) is 35.3 Å². The van der Waals surface area contributed by atoms with Crippen molar-refractivity contribution in [2.75, 3.05) is 11.4 Å². The van der Waals surface area contributed by atoms with Crippen molar-refractivity contribution in [2.45, 2.75) is 26.4 Å². The van der Waals surface area contributed by atoms with Crippen LogP contribution in [0.25, 0.3) is 11.3 Å². The number of anilines is 1. The molecule has 1 amide bonds. The van der Waals surface area contributed by atoms with Gasteiger partial charge in [0.05, 0.1) is 15.7 Å². The summed E-state index contributed by atoms with van der Waals surface area (Å²) in [5, 5.41) is 3.33. The minimum absolute atomic E-state index is 0.309. The second-order valence-corrected chi connectivity index (χ2v) is 7.67. The van der Waals surface area contributed by atoms with E-state index in [-0.39, 0.29) is 0 Å². The van der Waals surface area contributed by atoms with E-state index >= 15 is 0 Å². The summed E-state index contributed by atoms with van der Waals surface area (Å²) in [4.78, 5) is 18.3. The number of benzene rings is 1. The Labute approximate surface area is 155 Å². The molecule has 2 aromatic rings. The Kier molecular flexibility index (Phi) is 5.91. The van der Waals surface area contributed by atoms with Crippen molar-refractivity contribution in [3.63, 3.8) is 0 Å². The van der Waals surface area contributed by atoms with Gasteiger partial charge in [0.25, 0.3) is 0 Å². The van der Waals surface area contributed by atoms with Gasteiger partial charge in [0.1, 0.15) is 5.60 Å². The van der Waals surface area contributed by atoms with Crippen molar-refractivity contribution in [1.82, 2.24) is 4.98 Å². The third kappa shape index (κ3) is 4.72. The number of hydrogen-bond donors (Lipinski definition) is 0. The quantitative estimate of drug-likeness (QED) is 0.602. The van der Waals surface area contributed by atoms with Gasteiger partial charge >= 0.3 is 6.09 Å². The average molecular weight is 385 g/mol. The molecule has 0 saturated carbocycles. The fraction of sp³-hybridized carbons (Fsp3) is 0.294. The van der Waals surface area contributed by atoms with Crippen LogP contribution in [0.15, 0.2) is 36.2 Å². The van der Waals surface area contributed by atoms with Gasteiger partial charge in [-0.15, -0.1) is 17.9 Å². The summed E-state index contributed by atoms with van der Waals surface area (Å²) in [5.74, 6) is 0. The first-order valence-corrected chi connectivity index (χ1v) is 8.87. The minimum atomic E-state index is -0.583. The maximum Gasteiger partial charge on any atom is 0.416 e. The van der Waals surface area contributed by atoms with Crippen LogP contribution in [0.3, 0.4) is 0 Å². The second kappa shape index (κ2) is 7.55. The lowest BCUT2D eigenvalue weighted by Crippen LogP contribution is -2.37. The molecule has 128 valence electrons. The van der Waals surface area contributed by atoms with Crippen molar-refractivity contribution in [1.29, 1.82) is 0 Å². The maximum absolute atomic E-state index is 12.4. The van der Waals surface area contributed by atoms with Gasteiger partial charge in [0, 0.05) is 17.5 Å². The first kappa shape index (κ1) is 18.8. The Hall–Kier alpha value is -1.56. The van der Waals surface area contributed by atoms with Crippen molar-refractivity contribution < 1.29 is 9.53 Å². The van der Waals surface area contributed by atoms with Gasteiger partial charge in [-0.3, -0.25) is 0 Å². The molecule has 0 aliphatic heterocycles. The van der Waals surface area contributed by atoms with Crippen molar-refractivity contribution in [3.8, 4) is 11.3 Å². The number of hydrogen-bond acceptors (Lipinski definition) is 4. The summed E-state index contributed by atoms with van der Waals surface area (Å²) >= 11 is 13.3. The molecule has 0 bridgehead atoms. The Bertz CT molecular complexity index is 753. The van der Waals surface area contributed by atoms with Crippen molar-refractivity contribution in [3.05, 3.63) is 46.3 Å². The van der Waals surface area contributed by atoms with Crippen LogP contribution in [0.5, 0.6) is 0 Å². The summed E-state index contributed by atoms with van der Waals surface area (Å²) in [7, 11) is 0. The molecule has 1 aromatic heterocycles. The molecule has 0 aliphatic carbocycles. The van der Waals surface area contributed by atoms with Gasteiger partial charge in [-0.25, -0.2) is 14.7 Å². The third-order valence-electron chi connectivity index (χ3n) is 2.86. The topological polar surface area (TPSA) is 42.4 Å². The number of aromatic nitrogens is 1. The summed E-state index contributed by atoms with van der Waals surface area (Å²) in [6.07, 6.45) is 1.17. The van der Waals surface area contributed by atoms with Crippen LogP contribution >= 0.6 is 34.5 Å². The van der Waals surface area contributed by atoms with E-state index in [1.165, 1.54) is 16.2 Å². The van der Waals surface area contributed by atoms with Crippen LogP contribution in [0.1, 0.15) is 20.8 Å². The van der Waals surface area contributed by atoms with Crippen molar-refractivity contribution in [2.24, 2.45) is 0 Å². The standard InChI is InChI=1S/C17H18Cl2N2O2S/c1-5-8-21(16(22)23-17(2,3)4)15-20-14(10-24-15)11-6-7-12(18)13(19)9-11/h5-7,9-10H,1,8H2,2-4H3. The molecule has 0 N–H and O–H groups in total. The highest BCUT2D eigenvalue weighted by molar-refractivity contribution is 7.14. The monoisotopic (exact) mass is 384 g/mol. The molecule has 1 aromatic carbocycles. The van der Waals surface area contributed by atoms with Crippen LogP contribution < -0.4 is 4.90 Å². The SMILES string of the molecule is C=CCN(C(=O)OC(C)(C)C)c1nc(-c2ccc(Cl)c(Cl)c2)cs1. The number of rotatable bonds is 4. The third-order valence-corrected chi connectivity index (χ3v) is 4.47. The zero-order chi connectivity index (χ0) is 17.9. The van der Waals surface area contributed by atoms with Crippen LogP contribution in [0.2, 0.25) is 10.0 Å². The lowest BCUT2D eigenvalue weighted by molar-refractivity contribution is 0.0584. The lowest BCUT2D eigenvalue weighted by Gasteiger charge is -2.25.